The van der Waals surface area contributed by atoms with E-state index in [1.165, 1.54) is 23.9 Å². The van der Waals surface area contributed by atoms with Crippen LogP contribution in [0.15, 0.2) is 48.8 Å². The van der Waals surface area contributed by atoms with Crippen molar-refractivity contribution in [1.82, 2.24) is 19.3 Å². The van der Waals surface area contributed by atoms with Gasteiger partial charge in [-0.05, 0) is 36.8 Å². The van der Waals surface area contributed by atoms with Crippen molar-refractivity contribution in [1.29, 1.82) is 0 Å². The Bertz CT molecular complexity index is 1250. The lowest BCUT2D eigenvalue weighted by molar-refractivity contribution is 0.155. The number of amides is 1. The Hall–Kier alpha value is -3.88. The van der Waals surface area contributed by atoms with Crippen molar-refractivity contribution in [2.24, 2.45) is 7.05 Å². The van der Waals surface area contributed by atoms with Gasteiger partial charge in [0.15, 0.2) is 0 Å². The van der Waals surface area contributed by atoms with E-state index in [1.807, 2.05) is 22.8 Å². The van der Waals surface area contributed by atoms with E-state index in [1.54, 1.807) is 25.5 Å². The maximum absolute atomic E-state index is 13.5. The van der Waals surface area contributed by atoms with Crippen LogP contribution >= 0.6 is 0 Å². The molecule has 0 radical (unpaired) electrons. The average Bonchev–Trinajstić information content (AvgIpc) is 3.34. The quantitative estimate of drug-likeness (QED) is 0.498. The predicted octanol–water partition coefficient (Wildman–Crippen LogP) is 4.35. The van der Waals surface area contributed by atoms with Gasteiger partial charge in [0.1, 0.15) is 24.0 Å². The second kappa shape index (κ2) is 8.47. The lowest BCUT2D eigenvalue weighted by Gasteiger charge is -2.07. The number of aromatic nitrogens is 4. The second-order valence-corrected chi connectivity index (χ2v) is 6.94. The normalized spacial score (nSPS) is 11.0. The maximum atomic E-state index is 13.5. The number of carbonyl (C=O) groups is 1. The van der Waals surface area contributed by atoms with Gasteiger partial charge in [0.25, 0.3) is 0 Å². The molecule has 0 aliphatic carbocycles. The van der Waals surface area contributed by atoms with Crippen molar-refractivity contribution >= 4 is 22.9 Å². The first kappa shape index (κ1) is 20.4. The number of hydrogen-bond acceptors (Lipinski definition) is 5. The van der Waals surface area contributed by atoms with Crippen LogP contribution in [0.5, 0.6) is 5.75 Å². The van der Waals surface area contributed by atoms with Gasteiger partial charge in [-0.3, -0.25) is 10.00 Å². The van der Waals surface area contributed by atoms with Gasteiger partial charge in [-0.2, -0.15) is 5.10 Å². The van der Waals surface area contributed by atoms with Crippen molar-refractivity contribution in [2.45, 2.75) is 20.1 Å². The highest BCUT2D eigenvalue weighted by atomic mass is 19.1. The van der Waals surface area contributed by atoms with E-state index in [4.69, 9.17) is 9.47 Å². The number of hydrogen-bond donors (Lipinski definition) is 1. The second-order valence-electron chi connectivity index (χ2n) is 6.94. The van der Waals surface area contributed by atoms with Gasteiger partial charge in [-0.15, -0.1) is 0 Å². The van der Waals surface area contributed by atoms with E-state index in [0.29, 0.717) is 22.8 Å². The third-order valence-electron chi connectivity index (χ3n) is 4.95. The number of aryl methyl sites for hydroxylation is 2. The van der Waals surface area contributed by atoms with Crippen LogP contribution in [-0.2, 0) is 24.9 Å². The van der Waals surface area contributed by atoms with E-state index in [-0.39, 0.29) is 6.61 Å². The first-order chi connectivity index (χ1) is 15.0. The minimum Gasteiger partial charge on any atom is -0.496 e. The zero-order chi connectivity index (χ0) is 22.0. The summed E-state index contributed by atoms with van der Waals surface area (Å²) in [4.78, 5) is 16.7. The Balaban J connectivity index is 1.43. The van der Waals surface area contributed by atoms with E-state index >= 15 is 0 Å². The summed E-state index contributed by atoms with van der Waals surface area (Å²) in [5.41, 5.74) is 3.88. The monoisotopic (exact) mass is 423 g/mol. The predicted molar refractivity (Wildman–Crippen MR) is 114 cm³/mol. The van der Waals surface area contributed by atoms with E-state index in [0.717, 1.165) is 23.1 Å². The molecule has 160 valence electrons. The molecule has 0 fully saturated rings. The Morgan fingerprint density at radius 2 is 2.03 bits per heavy atom. The summed E-state index contributed by atoms with van der Waals surface area (Å²) < 4.78 is 27.6. The van der Waals surface area contributed by atoms with Gasteiger partial charge < -0.3 is 14.0 Å². The van der Waals surface area contributed by atoms with Crippen LogP contribution in [-0.4, -0.2) is 32.5 Å². The molecule has 9 heteroatoms. The summed E-state index contributed by atoms with van der Waals surface area (Å²) in [6.07, 6.45) is 1.18. The molecule has 31 heavy (non-hydrogen) atoms. The summed E-state index contributed by atoms with van der Waals surface area (Å²) in [7, 11) is 3.15. The smallest absolute Gasteiger partial charge is 0.413 e. The maximum Gasteiger partial charge on any atom is 0.413 e. The molecular formula is C22H22FN5O3. The lowest BCUT2D eigenvalue weighted by Crippen LogP contribution is -2.15. The van der Waals surface area contributed by atoms with Gasteiger partial charge in [-0.1, -0.05) is 6.07 Å². The molecule has 4 rings (SSSR count). The zero-order valence-corrected chi connectivity index (χ0v) is 17.4. The highest BCUT2D eigenvalue weighted by Crippen LogP contribution is 2.31. The van der Waals surface area contributed by atoms with Crippen LogP contribution in [0.4, 0.5) is 15.0 Å². The van der Waals surface area contributed by atoms with Crippen LogP contribution in [0, 0.1) is 5.82 Å². The molecule has 0 aliphatic rings. The van der Waals surface area contributed by atoms with Gasteiger partial charge in [0.2, 0.25) is 0 Å². The summed E-state index contributed by atoms with van der Waals surface area (Å²) in [6.45, 7) is 3.00. The molecule has 0 atom stereocenters. The first-order valence-corrected chi connectivity index (χ1v) is 9.74. The minimum absolute atomic E-state index is 0.108. The highest BCUT2D eigenvalue weighted by Gasteiger charge is 2.15. The number of anilines is 1. The fourth-order valence-electron chi connectivity index (χ4n) is 3.33. The van der Waals surface area contributed by atoms with Gasteiger partial charge in [0.05, 0.1) is 30.2 Å². The van der Waals surface area contributed by atoms with Crippen LogP contribution in [0.3, 0.4) is 0 Å². The standard InChI is InChI=1S/C22H22FN5O3/c1-4-28-13-24-18-9-14(5-8-19(18)28)12-31-22(29)25-21-11-17(26-27(21)2)16-7-6-15(23)10-20(16)30-3/h5-11,13H,4,12H2,1-3H3,(H,25,29). The number of ether oxygens (including phenoxy) is 2. The van der Waals surface area contributed by atoms with Crippen molar-refractivity contribution in [3.63, 3.8) is 0 Å². The number of rotatable bonds is 6. The molecule has 4 aromatic rings. The molecule has 8 nitrogen and oxygen atoms in total. The van der Waals surface area contributed by atoms with Crippen LogP contribution in [0.2, 0.25) is 0 Å². The third-order valence-corrected chi connectivity index (χ3v) is 4.95. The largest absolute Gasteiger partial charge is 0.496 e. The van der Waals surface area contributed by atoms with Crippen molar-refractivity contribution in [3.05, 3.63) is 60.2 Å². The molecule has 1 N–H and O–H groups in total. The fraction of sp³-hybridized carbons (Fsp3) is 0.227. The minimum atomic E-state index is -0.611. The number of nitrogens with zero attached hydrogens (tertiary/aromatic N) is 4. The van der Waals surface area contributed by atoms with Gasteiger partial charge in [-0.25, -0.2) is 14.2 Å². The molecular weight excluding hydrogens is 401 g/mol. The SMILES string of the molecule is CCn1cnc2cc(COC(=O)Nc3cc(-c4ccc(F)cc4OC)nn3C)ccc21. The Labute approximate surface area is 178 Å². The summed E-state index contributed by atoms with van der Waals surface area (Å²) >= 11 is 0. The van der Waals surface area contributed by atoms with E-state index in [9.17, 15) is 9.18 Å². The Kier molecular flexibility index (Phi) is 5.57. The third kappa shape index (κ3) is 4.20. The molecule has 2 aromatic carbocycles. The molecule has 0 unspecified atom stereocenters. The number of methoxy groups -OCH3 is 1. The molecule has 2 aromatic heterocycles. The molecule has 0 saturated heterocycles. The number of benzene rings is 2. The van der Waals surface area contributed by atoms with Crippen LogP contribution in [0.1, 0.15) is 12.5 Å². The lowest BCUT2D eigenvalue weighted by atomic mass is 10.1. The molecule has 1 amide bonds. The van der Waals surface area contributed by atoms with Gasteiger partial charge >= 0.3 is 6.09 Å². The summed E-state index contributed by atoms with van der Waals surface area (Å²) in [5, 5.41) is 7.04. The molecule has 2 heterocycles. The number of carbonyl (C=O) groups excluding carboxylic acids is 1. The van der Waals surface area contributed by atoms with E-state index in [2.05, 4.69) is 22.3 Å². The fourth-order valence-corrected chi connectivity index (χ4v) is 3.33. The average molecular weight is 423 g/mol. The van der Waals surface area contributed by atoms with Crippen molar-refractivity contribution < 1.29 is 18.7 Å². The molecule has 0 bridgehead atoms. The summed E-state index contributed by atoms with van der Waals surface area (Å²) in [6, 6.07) is 11.6. The van der Waals surface area contributed by atoms with Gasteiger partial charge in [0, 0.05) is 31.3 Å². The number of fused-ring (bicyclic) bond motifs is 1. The molecule has 0 saturated carbocycles. The Morgan fingerprint density at radius 3 is 2.81 bits per heavy atom. The highest BCUT2D eigenvalue weighted by molar-refractivity contribution is 5.85. The van der Waals surface area contributed by atoms with Crippen LogP contribution in [0.25, 0.3) is 22.3 Å². The number of imidazole rings is 1. The topological polar surface area (TPSA) is 83.2 Å². The van der Waals surface area contributed by atoms with Crippen LogP contribution < -0.4 is 10.1 Å². The van der Waals surface area contributed by atoms with Crippen molar-refractivity contribution in [3.8, 4) is 17.0 Å². The number of halogens is 1. The molecule has 0 aliphatic heterocycles. The Morgan fingerprint density at radius 1 is 1.19 bits per heavy atom. The van der Waals surface area contributed by atoms with Crippen molar-refractivity contribution in [2.75, 3.05) is 12.4 Å². The first-order valence-electron chi connectivity index (χ1n) is 9.74. The zero-order valence-electron chi connectivity index (χ0n) is 17.4. The summed E-state index contributed by atoms with van der Waals surface area (Å²) in [5.74, 6) is 0.384. The number of nitrogens with one attached hydrogen (secondary N) is 1. The molecule has 0 spiro atoms. The van der Waals surface area contributed by atoms with E-state index < -0.39 is 11.9 Å².